The Morgan fingerprint density at radius 2 is 2.09 bits per heavy atom. The molecule has 0 unspecified atom stereocenters. The van der Waals surface area contributed by atoms with Crippen molar-refractivity contribution in [3.05, 3.63) is 53.6 Å². The molecule has 1 aromatic heterocycles. The number of rotatable bonds is 4. The van der Waals surface area contributed by atoms with E-state index in [0.29, 0.717) is 12.1 Å². The molecule has 8 heteroatoms. The third kappa shape index (κ3) is 3.57. The largest absolute Gasteiger partial charge is 0.507 e. The molecule has 164 valence electrons. The molecule has 3 N–H and O–H groups in total. The highest BCUT2D eigenvalue weighted by atomic mass is 16.6. The van der Waals surface area contributed by atoms with E-state index in [0.717, 1.165) is 47.5 Å². The number of aromatic nitrogens is 2. The molecule has 1 atom stereocenters. The number of para-hydroxylation sites is 1. The number of amides is 2. The van der Waals surface area contributed by atoms with Crippen LogP contribution in [0.15, 0.2) is 42.5 Å². The van der Waals surface area contributed by atoms with E-state index in [-0.39, 0.29) is 24.3 Å². The lowest BCUT2D eigenvalue weighted by molar-refractivity contribution is -0.119. The molecule has 0 saturated carbocycles. The first-order valence-corrected chi connectivity index (χ1v) is 10.7. The van der Waals surface area contributed by atoms with Gasteiger partial charge >= 0.3 is 6.09 Å². The number of phenols is 1. The summed E-state index contributed by atoms with van der Waals surface area (Å²) in [5.74, 6) is 0.0432. The molecule has 32 heavy (non-hydrogen) atoms. The van der Waals surface area contributed by atoms with Crippen molar-refractivity contribution in [2.75, 3.05) is 18.0 Å². The normalized spacial score (nSPS) is 17.3. The number of carbonyl (C=O) groups excluding carboxylic acids is 2. The van der Waals surface area contributed by atoms with Gasteiger partial charge < -0.3 is 15.2 Å². The summed E-state index contributed by atoms with van der Waals surface area (Å²) in [4.78, 5) is 25.3. The zero-order chi connectivity index (χ0) is 22.2. The van der Waals surface area contributed by atoms with Crippen LogP contribution in [0.2, 0.25) is 0 Å². The average Bonchev–Trinajstić information content (AvgIpc) is 3.31. The third-order valence-electron chi connectivity index (χ3n) is 6.03. The summed E-state index contributed by atoms with van der Waals surface area (Å²) in [5.41, 5.74) is 6.37. The van der Waals surface area contributed by atoms with Crippen LogP contribution in [0.4, 0.5) is 10.5 Å². The van der Waals surface area contributed by atoms with E-state index in [1.165, 1.54) is 12.5 Å². The number of aromatic hydroxyl groups is 1. The van der Waals surface area contributed by atoms with Crippen LogP contribution in [0.25, 0.3) is 22.5 Å². The highest BCUT2D eigenvalue weighted by Crippen LogP contribution is 2.40. The van der Waals surface area contributed by atoms with Crippen LogP contribution in [0.5, 0.6) is 5.75 Å². The van der Waals surface area contributed by atoms with Crippen LogP contribution in [-0.2, 0) is 22.4 Å². The number of cyclic esters (lactones) is 1. The van der Waals surface area contributed by atoms with Gasteiger partial charge in [0.15, 0.2) is 0 Å². The lowest BCUT2D eigenvalue weighted by atomic mass is 9.99. The number of phenolic OH excluding ortho intramolecular Hbond substituents is 1. The van der Waals surface area contributed by atoms with Crippen molar-refractivity contribution in [2.45, 2.75) is 32.3 Å². The number of carbonyl (C=O) groups is 2. The topological polar surface area (TPSA) is 108 Å². The van der Waals surface area contributed by atoms with Gasteiger partial charge in [-0.2, -0.15) is 5.10 Å². The first-order valence-electron chi connectivity index (χ1n) is 10.7. The number of hydrogen-bond acceptors (Lipinski definition) is 5. The Kier molecular flexibility index (Phi) is 5.05. The fraction of sp³-hybridized carbons (Fsp3) is 0.292. The lowest BCUT2D eigenvalue weighted by Crippen LogP contribution is -2.33. The van der Waals surface area contributed by atoms with Gasteiger partial charge in [0.05, 0.1) is 24.5 Å². The fourth-order valence-electron chi connectivity index (χ4n) is 4.46. The van der Waals surface area contributed by atoms with Gasteiger partial charge in [-0.05, 0) is 49.1 Å². The summed E-state index contributed by atoms with van der Waals surface area (Å²) in [7, 11) is 0. The molecule has 1 aliphatic carbocycles. The van der Waals surface area contributed by atoms with Gasteiger partial charge in [0.1, 0.15) is 11.9 Å². The molecule has 2 aromatic carbocycles. The van der Waals surface area contributed by atoms with Gasteiger partial charge in [-0.15, -0.1) is 0 Å². The standard InChI is InChI=1S/C24H24N4O4/c1-14(29)25-12-17-13-28(24(31)32-17)16-10-9-15-5-4-7-19-22(18-6-2-3-8-21(18)30)26-27-23(19)20(15)11-16/h2-3,6,8-11,17,30H,4-5,7,12-13H2,1H3,(H,25,29)(H,26,27)/t17-/m0/s1. The molecule has 8 nitrogen and oxygen atoms in total. The Labute approximate surface area is 185 Å². The van der Waals surface area contributed by atoms with Gasteiger partial charge in [-0.3, -0.25) is 14.8 Å². The number of benzene rings is 2. The van der Waals surface area contributed by atoms with Gasteiger partial charge in [0.25, 0.3) is 0 Å². The van der Waals surface area contributed by atoms with Crippen LogP contribution in [0.3, 0.4) is 0 Å². The number of nitrogens with zero attached hydrogens (tertiary/aromatic N) is 2. The predicted molar refractivity (Wildman–Crippen MR) is 119 cm³/mol. The Hall–Kier alpha value is -3.81. The highest BCUT2D eigenvalue weighted by Gasteiger charge is 2.33. The van der Waals surface area contributed by atoms with Crippen LogP contribution in [0, 0.1) is 0 Å². The van der Waals surface area contributed by atoms with Gasteiger partial charge in [0.2, 0.25) is 5.91 Å². The molecule has 1 fully saturated rings. The quantitative estimate of drug-likeness (QED) is 0.586. The van der Waals surface area contributed by atoms with Crippen molar-refractivity contribution in [1.82, 2.24) is 15.5 Å². The number of ether oxygens (including phenoxy) is 1. The van der Waals surface area contributed by atoms with Crippen LogP contribution < -0.4 is 10.2 Å². The number of nitrogens with one attached hydrogen (secondary N) is 2. The molecule has 1 saturated heterocycles. The van der Waals surface area contributed by atoms with Crippen LogP contribution in [-0.4, -0.2) is 46.5 Å². The van der Waals surface area contributed by atoms with Gasteiger partial charge in [0, 0.05) is 29.3 Å². The molecule has 1 aliphatic heterocycles. The molecule has 0 bridgehead atoms. The van der Waals surface area contributed by atoms with Crippen molar-refractivity contribution in [3.63, 3.8) is 0 Å². The van der Waals surface area contributed by atoms with Gasteiger partial charge in [-0.25, -0.2) is 4.79 Å². The average molecular weight is 432 g/mol. The molecular formula is C24H24N4O4. The highest BCUT2D eigenvalue weighted by molar-refractivity contribution is 5.91. The second-order valence-electron chi connectivity index (χ2n) is 8.19. The van der Waals surface area contributed by atoms with Crippen molar-refractivity contribution in [3.8, 4) is 28.3 Å². The second-order valence-corrected chi connectivity index (χ2v) is 8.19. The minimum Gasteiger partial charge on any atom is -0.507 e. The van der Waals surface area contributed by atoms with E-state index < -0.39 is 6.09 Å². The maximum atomic E-state index is 12.5. The maximum Gasteiger partial charge on any atom is 0.414 e. The molecule has 0 radical (unpaired) electrons. The predicted octanol–water partition coefficient (Wildman–Crippen LogP) is 3.40. The molecule has 2 heterocycles. The third-order valence-corrected chi connectivity index (χ3v) is 6.03. The van der Waals surface area contributed by atoms with Crippen molar-refractivity contribution in [1.29, 1.82) is 0 Å². The minimum atomic E-state index is -0.423. The Bertz CT molecular complexity index is 1200. The van der Waals surface area contributed by atoms with Crippen molar-refractivity contribution in [2.24, 2.45) is 0 Å². The summed E-state index contributed by atoms with van der Waals surface area (Å²) < 4.78 is 5.42. The van der Waals surface area contributed by atoms with Gasteiger partial charge in [-0.1, -0.05) is 18.2 Å². The number of aryl methyl sites for hydroxylation is 1. The van der Waals surface area contributed by atoms with E-state index in [4.69, 9.17) is 4.74 Å². The summed E-state index contributed by atoms with van der Waals surface area (Å²) in [6.45, 7) is 2.10. The number of anilines is 1. The Balaban J connectivity index is 1.49. The number of aromatic amines is 1. The zero-order valence-electron chi connectivity index (χ0n) is 17.7. The smallest absolute Gasteiger partial charge is 0.414 e. The minimum absolute atomic E-state index is 0.156. The van der Waals surface area contributed by atoms with Crippen LogP contribution >= 0.6 is 0 Å². The summed E-state index contributed by atoms with van der Waals surface area (Å²) in [6, 6.07) is 13.2. The molecule has 3 aromatic rings. The summed E-state index contributed by atoms with van der Waals surface area (Å²) in [6.07, 6.45) is 1.90. The molecule has 2 amide bonds. The first-order chi connectivity index (χ1) is 15.5. The SMILES string of the molecule is CC(=O)NC[C@H]1CN(c2ccc3c(c2)-c2[nH]nc(-c4ccccc4O)c2CCC3)C(=O)O1. The summed E-state index contributed by atoms with van der Waals surface area (Å²) in [5, 5.41) is 20.7. The Morgan fingerprint density at radius 1 is 1.25 bits per heavy atom. The lowest BCUT2D eigenvalue weighted by Gasteiger charge is -2.16. The Morgan fingerprint density at radius 3 is 2.91 bits per heavy atom. The van der Waals surface area contributed by atoms with Crippen LogP contribution in [0.1, 0.15) is 24.5 Å². The van der Waals surface area contributed by atoms with Crippen molar-refractivity contribution >= 4 is 17.7 Å². The molecule has 2 aliphatic rings. The van der Waals surface area contributed by atoms with Crippen molar-refractivity contribution < 1.29 is 19.4 Å². The second kappa shape index (κ2) is 8.03. The summed E-state index contributed by atoms with van der Waals surface area (Å²) >= 11 is 0. The fourth-order valence-corrected chi connectivity index (χ4v) is 4.46. The number of H-pyrrole nitrogens is 1. The first kappa shape index (κ1) is 20.1. The maximum absolute atomic E-state index is 12.5. The monoisotopic (exact) mass is 432 g/mol. The number of hydrogen-bond donors (Lipinski definition) is 3. The van der Waals surface area contributed by atoms with E-state index in [1.54, 1.807) is 17.0 Å². The number of fused-ring (bicyclic) bond motifs is 3. The van der Waals surface area contributed by atoms with E-state index >= 15 is 0 Å². The molecule has 5 rings (SSSR count). The molecule has 0 spiro atoms. The van der Waals surface area contributed by atoms with E-state index in [1.807, 2.05) is 24.3 Å². The zero-order valence-corrected chi connectivity index (χ0v) is 17.7. The molecular weight excluding hydrogens is 408 g/mol. The van der Waals surface area contributed by atoms with E-state index in [9.17, 15) is 14.7 Å². The van der Waals surface area contributed by atoms with E-state index in [2.05, 4.69) is 21.6 Å².